The monoisotopic (exact) mass is 768 g/mol. The van der Waals surface area contributed by atoms with E-state index in [0.29, 0.717) is 23.3 Å². The van der Waals surface area contributed by atoms with Crippen molar-refractivity contribution in [3.8, 4) is 102 Å². The third-order valence-electron chi connectivity index (χ3n) is 10.4. The number of benzene rings is 7. The molecule has 0 atom stereocenters. The second-order valence-electron chi connectivity index (χ2n) is 14.4. The van der Waals surface area contributed by atoms with Crippen molar-refractivity contribution in [3.05, 3.63) is 219 Å². The predicted octanol–water partition coefficient (Wildman–Crippen LogP) is 13.1. The highest BCUT2D eigenvalue weighted by atomic mass is 15.0. The lowest BCUT2D eigenvalue weighted by atomic mass is 9.99. The van der Waals surface area contributed by atoms with Crippen molar-refractivity contribution in [2.24, 2.45) is 0 Å². The van der Waals surface area contributed by atoms with Crippen LogP contribution in [0.2, 0.25) is 0 Å². The number of hydrogen-bond donors (Lipinski definition) is 0. The molecule has 0 bridgehead atoms. The van der Waals surface area contributed by atoms with E-state index in [2.05, 4.69) is 91.0 Å². The first kappa shape index (κ1) is 36.1. The highest BCUT2D eigenvalue weighted by Gasteiger charge is 2.17. The second-order valence-corrected chi connectivity index (χ2v) is 14.4. The van der Waals surface area contributed by atoms with Crippen LogP contribution in [0, 0.1) is 0 Å². The van der Waals surface area contributed by atoms with Gasteiger partial charge in [-0.1, -0.05) is 194 Å². The molecular weight excluding hydrogens is 733 g/mol. The van der Waals surface area contributed by atoms with Crippen LogP contribution < -0.4 is 0 Å². The fourth-order valence-corrected chi connectivity index (χ4v) is 7.35. The fraction of sp³-hybridized carbons (Fsp3) is 0. The van der Waals surface area contributed by atoms with Gasteiger partial charge in [-0.15, -0.1) is 0 Å². The largest absolute Gasteiger partial charge is 0.254 e. The molecule has 0 saturated heterocycles. The maximum Gasteiger partial charge on any atom is 0.164 e. The summed E-state index contributed by atoms with van der Waals surface area (Å²) < 4.78 is 0. The molecule has 10 aromatic rings. The first-order chi connectivity index (χ1) is 29.7. The summed E-state index contributed by atoms with van der Waals surface area (Å²) >= 11 is 0. The van der Waals surface area contributed by atoms with Crippen LogP contribution in [-0.4, -0.2) is 29.9 Å². The maximum absolute atomic E-state index is 5.11. The third kappa shape index (κ3) is 7.61. The van der Waals surface area contributed by atoms with E-state index in [4.69, 9.17) is 29.9 Å². The van der Waals surface area contributed by atoms with Crippen molar-refractivity contribution in [2.75, 3.05) is 0 Å². The van der Waals surface area contributed by atoms with Gasteiger partial charge in [0.15, 0.2) is 23.3 Å². The Hall–Kier alpha value is -8.22. The molecule has 0 aliphatic rings. The maximum atomic E-state index is 5.11. The molecule has 60 heavy (non-hydrogen) atoms. The summed E-state index contributed by atoms with van der Waals surface area (Å²) in [6.45, 7) is 0. The Morgan fingerprint density at radius 3 is 1.30 bits per heavy atom. The molecule has 0 amide bonds. The Balaban J connectivity index is 1.00. The molecule has 0 fully saturated rings. The second kappa shape index (κ2) is 16.3. The van der Waals surface area contributed by atoms with Crippen molar-refractivity contribution in [2.45, 2.75) is 0 Å². The lowest BCUT2D eigenvalue weighted by Gasteiger charge is -2.12. The fourth-order valence-electron chi connectivity index (χ4n) is 7.35. The SMILES string of the molecule is c1ccc(-c2ccc(-c3cc(-c4ccc(-c5cccc(-c6nc(-c7ccccc7)nc(-c7ccccc7-c7ccccc7)n6)c5)cn4)nc(-c4ccccc4)n3)cc2)cc1. The zero-order chi connectivity index (χ0) is 40.1. The van der Waals surface area contributed by atoms with Gasteiger partial charge in [0.1, 0.15) is 0 Å². The van der Waals surface area contributed by atoms with E-state index in [9.17, 15) is 0 Å². The molecule has 7 aromatic carbocycles. The van der Waals surface area contributed by atoms with E-state index in [1.54, 1.807) is 0 Å². The summed E-state index contributed by atoms with van der Waals surface area (Å²) in [6, 6.07) is 72.0. The average Bonchev–Trinajstić information content (AvgIpc) is 3.35. The smallest absolute Gasteiger partial charge is 0.164 e. The summed E-state index contributed by atoms with van der Waals surface area (Å²) in [6.07, 6.45) is 1.90. The van der Waals surface area contributed by atoms with E-state index in [1.165, 1.54) is 5.56 Å². The summed E-state index contributed by atoms with van der Waals surface area (Å²) in [5, 5.41) is 0. The molecule has 0 saturated carbocycles. The van der Waals surface area contributed by atoms with Crippen LogP contribution in [0.15, 0.2) is 219 Å². The molecule has 3 heterocycles. The van der Waals surface area contributed by atoms with Gasteiger partial charge in [-0.2, -0.15) is 0 Å². The topological polar surface area (TPSA) is 77.3 Å². The lowest BCUT2D eigenvalue weighted by Crippen LogP contribution is -2.01. The summed E-state index contributed by atoms with van der Waals surface area (Å²) in [5.41, 5.74) is 13.4. The number of aromatic nitrogens is 6. The highest BCUT2D eigenvalue weighted by Crippen LogP contribution is 2.34. The van der Waals surface area contributed by atoms with Gasteiger partial charge in [0.05, 0.1) is 17.1 Å². The predicted molar refractivity (Wildman–Crippen MR) is 242 cm³/mol. The molecule has 0 aliphatic carbocycles. The standard InChI is InChI=1S/C54H36N6/c1-5-16-37(17-6-1)38-28-30-40(31-29-38)49-35-50(57-51(56-49)41-20-9-3-10-21-41)48-33-32-45(36-55-48)43-24-15-25-44(34-43)53-58-52(42-22-11-4-12-23-42)59-54(60-53)47-27-14-13-26-46(47)39-18-7-2-8-19-39/h1-36H. The van der Waals surface area contributed by atoms with E-state index in [1.807, 2.05) is 128 Å². The van der Waals surface area contributed by atoms with E-state index < -0.39 is 0 Å². The average molecular weight is 769 g/mol. The van der Waals surface area contributed by atoms with Gasteiger partial charge in [-0.25, -0.2) is 24.9 Å². The van der Waals surface area contributed by atoms with Gasteiger partial charge in [-0.3, -0.25) is 4.98 Å². The summed E-state index contributed by atoms with van der Waals surface area (Å²) in [4.78, 5) is 30.2. The highest BCUT2D eigenvalue weighted by molar-refractivity contribution is 5.82. The van der Waals surface area contributed by atoms with E-state index in [-0.39, 0.29) is 0 Å². The quantitative estimate of drug-likeness (QED) is 0.145. The van der Waals surface area contributed by atoms with Gasteiger partial charge in [0.25, 0.3) is 0 Å². The molecule has 6 nitrogen and oxygen atoms in total. The Labute approximate surface area is 348 Å². The summed E-state index contributed by atoms with van der Waals surface area (Å²) in [5.74, 6) is 2.46. The molecular formula is C54H36N6. The van der Waals surface area contributed by atoms with Crippen LogP contribution in [0.25, 0.3) is 102 Å². The lowest BCUT2D eigenvalue weighted by molar-refractivity contribution is 1.07. The Kier molecular flexibility index (Phi) is 9.84. The van der Waals surface area contributed by atoms with Crippen LogP contribution in [-0.2, 0) is 0 Å². The minimum atomic E-state index is 0.590. The summed E-state index contributed by atoms with van der Waals surface area (Å²) in [7, 11) is 0. The Morgan fingerprint density at radius 2 is 0.667 bits per heavy atom. The minimum absolute atomic E-state index is 0.590. The van der Waals surface area contributed by atoms with Gasteiger partial charge < -0.3 is 0 Å². The van der Waals surface area contributed by atoms with Crippen LogP contribution >= 0.6 is 0 Å². The minimum Gasteiger partial charge on any atom is -0.254 e. The zero-order valence-corrected chi connectivity index (χ0v) is 32.5. The molecule has 0 N–H and O–H groups in total. The van der Waals surface area contributed by atoms with Crippen LogP contribution in [0.3, 0.4) is 0 Å². The number of hydrogen-bond acceptors (Lipinski definition) is 6. The molecule has 0 unspecified atom stereocenters. The normalized spacial score (nSPS) is 11.0. The van der Waals surface area contributed by atoms with Crippen molar-refractivity contribution < 1.29 is 0 Å². The van der Waals surface area contributed by atoms with Gasteiger partial charge in [0.2, 0.25) is 0 Å². The molecule has 282 valence electrons. The number of pyridine rings is 1. The first-order valence-corrected chi connectivity index (χ1v) is 19.9. The van der Waals surface area contributed by atoms with Gasteiger partial charge in [0, 0.05) is 39.6 Å². The van der Waals surface area contributed by atoms with Crippen molar-refractivity contribution >= 4 is 0 Å². The molecule has 6 heteroatoms. The Bertz CT molecular complexity index is 3050. The number of nitrogens with zero attached hydrogens (tertiary/aromatic N) is 6. The zero-order valence-electron chi connectivity index (χ0n) is 32.5. The molecule has 3 aromatic heterocycles. The van der Waals surface area contributed by atoms with Crippen LogP contribution in [0.1, 0.15) is 0 Å². The van der Waals surface area contributed by atoms with Crippen molar-refractivity contribution in [3.63, 3.8) is 0 Å². The van der Waals surface area contributed by atoms with Crippen molar-refractivity contribution in [1.29, 1.82) is 0 Å². The number of rotatable bonds is 9. The van der Waals surface area contributed by atoms with Gasteiger partial charge in [-0.05, 0) is 46.0 Å². The molecule has 0 aliphatic heterocycles. The van der Waals surface area contributed by atoms with Gasteiger partial charge >= 0.3 is 0 Å². The molecule has 10 rings (SSSR count). The van der Waals surface area contributed by atoms with Crippen LogP contribution in [0.4, 0.5) is 0 Å². The Morgan fingerprint density at radius 1 is 0.217 bits per heavy atom. The first-order valence-electron chi connectivity index (χ1n) is 19.9. The van der Waals surface area contributed by atoms with Crippen molar-refractivity contribution in [1.82, 2.24) is 29.9 Å². The molecule has 0 spiro atoms. The third-order valence-corrected chi connectivity index (χ3v) is 10.4. The van der Waals surface area contributed by atoms with E-state index >= 15 is 0 Å². The van der Waals surface area contributed by atoms with Crippen LogP contribution in [0.5, 0.6) is 0 Å². The molecule has 0 radical (unpaired) electrons. The van der Waals surface area contributed by atoms with E-state index in [0.717, 1.165) is 72.7 Å².